The number of likely N-dealkylation sites (tertiary alicyclic amines) is 2. The van der Waals surface area contributed by atoms with Crippen LogP contribution in [0, 0.1) is 11.8 Å². The molecule has 3 unspecified atom stereocenters. The molecular formula is C30H38N4O2. The van der Waals surface area contributed by atoms with Crippen molar-refractivity contribution in [1.82, 2.24) is 19.4 Å². The lowest BCUT2D eigenvalue weighted by atomic mass is 9.88. The fourth-order valence-electron chi connectivity index (χ4n) is 7.30. The van der Waals surface area contributed by atoms with Crippen LogP contribution in [0.2, 0.25) is 0 Å². The third-order valence-corrected chi connectivity index (χ3v) is 9.11. The number of piperidine rings is 1. The van der Waals surface area contributed by atoms with E-state index in [0.29, 0.717) is 23.8 Å². The normalized spacial score (nSPS) is 25.6. The first-order valence-electron chi connectivity index (χ1n) is 13.8. The molecule has 1 saturated carbocycles. The Balaban J connectivity index is 1.15. The second kappa shape index (κ2) is 10.3. The first-order chi connectivity index (χ1) is 17.7. The van der Waals surface area contributed by atoms with Crippen LogP contribution in [0.4, 0.5) is 0 Å². The van der Waals surface area contributed by atoms with Crippen LogP contribution in [0.3, 0.4) is 0 Å². The van der Waals surface area contributed by atoms with Gasteiger partial charge in [0, 0.05) is 44.7 Å². The van der Waals surface area contributed by atoms with Crippen molar-refractivity contribution in [2.75, 3.05) is 32.7 Å². The molecule has 6 rings (SSSR count). The minimum atomic E-state index is -0.622. The minimum absolute atomic E-state index is 0.304. The average molecular weight is 487 g/mol. The number of carbonyl (C=O) groups is 1. The summed E-state index contributed by atoms with van der Waals surface area (Å²) in [6.45, 7) is 4.96. The van der Waals surface area contributed by atoms with Crippen molar-refractivity contribution in [3.63, 3.8) is 0 Å². The number of carboxylic acids is 1. The number of carboxylic acid groups (broad SMARTS) is 1. The van der Waals surface area contributed by atoms with E-state index in [4.69, 9.17) is 0 Å². The summed E-state index contributed by atoms with van der Waals surface area (Å²) >= 11 is 0. The summed E-state index contributed by atoms with van der Waals surface area (Å²) in [4.78, 5) is 22.0. The zero-order chi connectivity index (χ0) is 24.5. The van der Waals surface area contributed by atoms with Gasteiger partial charge in [-0.05, 0) is 55.2 Å². The summed E-state index contributed by atoms with van der Waals surface area (Å²) in [6, 6.07) is 19.4. The molecule has 6 nitrogen and oxygen atoms in total. The van der Waals surface area contributed by atoms with E-state index in [0.717, 1.165) is 63.9 Å². The van der Waals surface area contributed by atoms with Gasteiger partial charge in [0.15, 0.2) is 0 Å². The maximum Gasteiger partial charge on any atom is 0.321 e. The predicted molar refractivity (Wildman–Crippen MR) is 142 cm³/mol. The topological polar surface area (TPSA) is 61.6 Å². The van der Waals surface area contributed by atoms with Gasteiger partial charge in [-0.2, -0.15) is 0 Å². The number of hydrogen-bond donors (Lipinski definition) is 1. The first-order valence-corrected chi connectivity index (χ1v) is 13.8. The Hall–Kier alpha value is -2.70. The van der Waals surface area contributed by atoms with E-state index in [1.54, 1.807) is 0 Å². The van der Waals surface area contributed by atoms with E-state index in [-0.39, 0.29) is 6.04 Å². The molecule has 3 atom stereocenters. The lowest BCUT2D eigenvalue weighted by Crippen LogP contribution is -2.45. The van der Waals surface area contributed by atoms with Crippen LogP contribution in [0.5, 0.6) is 0 Å². The van der Waals surface area contributed by atoms with Gasteiger partial charge >= 0.3 is 5.97 Å². The van der Waals surface area contributed by atoms with E-state index >= 15 is 0 Å². The van der Waals surface area contributed by atoms with Gasteiger partial charge in [-0.3, -0.25) is 9.69 Å². The van der Waals surface area contributed by atoms with Crippen molar-refractivity contribution >= 4 is 17.0 Å². The predicted octanol–water partition coefficient (Wildman–Crippen LogP) is 5.03. The van der Waals surface area contributed by atoms with Gasteiger partial charge in [0.2, 0.25) is 0 Å². The molecule has 6 heteroatoms. The Morgan fingerprint density at radius 3 is 2.42 bits per heavy atom. The van der Waals surface area contributed by atoms with Crippen molar-refractivity contribution < 1.29 is 9.90 Å². The van der Waals surface area contributed by atoms with Gasteiger partial charge in [0.05, 0.1) is 17.4 Å². The standard InChI is InChI=1S/C30H38N4O2/c35-30(36)29(23-10-4-5-11-23)33-19-24(26(20-33)22-8-2-1-3-9-22)18-32-16-14-25(15-17-32)34-21-31-27-12-6-7-13-28(27)34/h1-3,6-9,12-13,21,23-26,29H,4-5,10-11,14-20H2,(H,35,36). The molecule has 0 amide bonds. The second-order valence-corrected chi connectivity index (χ2v) is 11.2. The third-order valence-electron chi connectivity index (χ3n) is 9.11. The Bertz CT molecular complexity index is 1160. The third kappa shape index (κ3) is 4.69. The van der Waals surface area contributed by atoms with Crippen molar-refractivity contribution in [1.29, 1.82) is 0 Å². The molecule has 0 radical (unpaired) electrons. The molecule has 1 N–H and O–H groups in total. The Morgan fingerprint density at radius 1 is 0.944 bits per heavy atom. The van der Waals surface area contributed by atoms with Crippen LogP contribution in [0.1, 0.15) is 56.0 Å². The molecular weight excluding hydrogens is 448 g/mol. The smallest absolute Gasteiger partial charge is 0.321 e. The molecule has 3 heterocycles. The Morgan fingerprint density at radius 2 is 1.67 bits per heavy atom. The SMILES string of the molecule is O=C(O)C(C1CCCC1)N1CC(CN2CCC(n3cnc4ccccc43)CC2)C(c2ccccc2)C1. The minimum Gasteiger partial charge on any atom is -0.480 e. The number of para-hydroxylation sites is 2. The largest absolute Gasteiger partial charge is 0.480 e. The van der Waals surface area contributed by atoms with Gasteiger partial charge in [-0.1, -0.05) is 55.3 Å². The van der Waals surface area contributed by atoms with Gasteiger partial charge in [-0.15, -0.1) is 0 Å². The first kappa shape index (κ1) is 23.7. The number of fused-ring (bicyclic) bond motifs is 1. The van der Waals surface area contributed by atoms with Gasteiger partial charge < -0.3 is 14.6 Å². The summed E-state index contributed by atoms with van der Waals surface area (Å²) < 4.78 is 2.37. The van der Waals surface area contributed by atoms with Gasteiger partial charge in [0.1, 0.15) is 6.04 Å². The zero-order valence-electron chi connectivity index (χ0n) is 21.1. The molecule has 0 bridgehead atoms. The summed E-state index contributed by atoms with van der Waals surface area (Å²) in [5, 5.41) is 10.2. The molecule has 190 valence electrons. The van der Waals surface area contributed by atoms with E-state index in [1.807, 2.05) is 6.33 Å². The number of hydrogen-bond acceptors (Lipinski definition) is 4. The molecule has 0 spiro atoms. The molecule has 3 fully saturated rings. The number of aliphatic carboxylic acids is 1. The highest BCUT2D eigenvalue weighted by atomic mass is 16.4. The molecule has 3 aromatic rings. The highest BCUT2D eigenvalue weighted by Crippen LogP contribution is 2.39. The number of benzene rings is 2. The fraction of sp³-hybridized carbons (Fsp3) is 0.533. The van der Waals surface area contributed by atoms with Crippen LogP contribution in [-0.4, -0.2) is 69.2 Å². The second-order valence-electron chi connectivity index (χ2n) is 11.2. The Labute approximate surface area is 213 Å². The van der Waals surface area contributed by atoms with Crippen LogP contribution in [-0.2, 0) is 4.79 Å². The molecule has 3 aliphatic rings. The summed E-state index contributed by atoms with van der Waals surface area (Å²) in [5.74, 6) is 0.534. The van der Waals surface area contributed by atoms with Crippen LogP contribution in [0.15, 0.2) is 60.9 Å². The fourth-order valence-corrected chi connectivity index (χ4v) is 7.30. The quantitative estimate of drug-likeness (QED) is 0.507. The monoisotopic (exact) mass is 486 g/mol. The maximum absolute atomic E-state index is 12.4. The van der Waals surface area contributed by atoms with Gasteiger partial charge in [-0.25, -0.2) is 4.98 Å². The molecule has 2 aliphatic heterocycles. The van der Waals surface area contributed by atoms with Gasteiger partial charge in [0.25, 0.3) is 0 Å². The van der Waals surface area contributed by atoms with Crippen molar-refractivity contribution in [3.05, 3.63) is 66.5 Å². The number of imidazole rings is 1. The molecule has 1 aromatic heterocycles. The average Bonchev–Trinajstić information content (AvgIpc) is 3.66. The van der Waals surface area contributed by atoms with E-state index in [2.05, 4.69) is 73.9 Å². The summed E-state index contributed by atoms with van der Waals surface area (Å²) in [6.07, 6.45) is 8.75. The van der Waals surface area contributed by atoms with E-state index in [9.17, 15) is 9.90 Å². The highest BCUT2D eigenvalue weighted by Gasteiger charge is 2.43. The number of aromatic nitrogens is 2. The summed E-state index contributed by atoms with van der Waals surface area (Å²) in [5.41, 5.74) is 3.67. The lowest BCUT2D eigenvalue weighted by Gasteiger charge is -2.35. The van der Waals surface area contributed by atoms with Crippen LogP contribution in [0.25, 0.3) is 11.0 Å². The van der Waals surface area contributed by atoms with Crippen LogP contribution < -0.4 is 0 Å². The molecule has 2 saturated heterocycles. The van der Waals surface area contributed by atoms with Crippen molar-refractivity contribution in [3.8, 4) is 0 Å². The van der Waals surface area contributed by atoms with Crippen LogP contribution >= 0.6 is 0 Å². The van der Waals surface area contributed by atoms with Crippen molar-refractivity contribution in [2.24, 2.45) is 11.8 Å². The lowest BCUT2D eigenvalue weighted by molar-refractivity contribution is -0.145. The molecule has 36 heavy (non-hydrogen) atoms. The van der Waals surface area contributed by atoms with E-state index < -0.39 is 5.97 Å². The number of nitrogens with zero attached hydrogens (tertiary/aromatic N) is 4. The molecule has 1 aliphatic carbocycles. The molecule has 2 aromatic carbocycles. The number of rotatable bonds is 7. The maximum atomic E-state index is 12.4. The zero-order valence-corrected chi connectivity index (χ0v) is 21.1. The Kier molecular flexibility index (Phi) is 6.81. The van der Waals surface area contributed by atoms with Crippen molar-refractivity contribution in [2.45, 2.75) is 56.5 Å². The summed E-state index contributed by atoms with van der Waals surface area (Å²) in [7, 11) is 0. The highest BCUT2D eigenvalue weighted by molar-refractivity contribution is 5.75. The van der Waals surface area contributed by atoms with E-state index in [1.165, 1.54) is 23.9 Å².